The number of benzene rings is 1. The summed E-state index contributed by atoms with van der Waals surface area (Å²) >= 11 is 0. The predicted octanol–water partition coefficient (Wildman–Crippen LogP) is 1.15. The topological polar surface area (TPSA) is 70.5 Å². The number of anilines is 1. The minimum absolute atomic E-state index is 0.108. The molecule has 1 N–H and O–H groups in total. The number of rotatable bonds is 2. The maximum absolute atomic E-state index is 12.9. The predicted molar refractivity (Wildman–Crippen MR) is 93.8 cm³/mol. The molecule has 0 aliphatic carbocycles. The van der Waals surface area contributed by atoms with Gasteiger partial charge >= 0.3 is 0 Å². The van der Waals surface area contributed by atoms with E-state index < -0.39 is 0 Å². The SMILES string of the molecule is C[C@@H]1CNC(=O)c2c(C(=O)N3CCN(c4ccccc4)CC3)ncn21. The van der Waals surface area contributed by atoms with E-state index in [1.54, 1.807) is 15.8 Å². The summed E-state index contributed by atoms with van der Waals surface area (Å²) in [5, 5.41) is 2.82. The molecular formula is C18H21N5O2. The summed E-state index contributed by atoms with van der Waals surface area (Å²) in [5.74, 6) is -0.382. The van der Waals surface area contributed by atoms with Crippen molar-refractivity contribution < 1.29 is 9.59 Å². The van der Waals surface area contributed by atoms with E-state index in [9.17, 15) is 9.59 Å². The van der Waals surface area contributed by atoms with Crippen molar-refractivity contribution in [3.8, 4) is 0 Å². The van der Waals surface area contributed by atoms with E-state index in [-0.39, 0.29) is 23.6 Å². The van der Waals surface area contributed by atoms with Gasteiger partial charge < -0.3 is 19.7 Å². The van der Waals surface area contributed by atoms with Crippen LogP contribution in [0.25, 0.3) is 0 Å². The van der Waals surface area contributed by atoms with Gasteiger partial charge in [0.15, 0.2) is 5.69 Å². The molecule has 3 heterocycles. The minimum atomic E-state index is -0.220. The fourth-order valence-electron chi connectivity index (χ4n) is 3.46. The number of fused-ring (bicyclic) bond motifs is 1. The summed E-state index contributed by atoms with van der Waals surface area (Å²) in [4.78, 5) is 33.4. The van der Waals surface area contributed by atoms with Gasteiger partial charge in [-0.1, -0.05) is 18.2 Å². The Morgan fingerprint density at radius 1 is 1.16 bits per heavy atom. The molecule has 2 aromatic rings. The van der Waals surface area contributed by atoms with Gasteiger partial charge in [-0.3, -0.25) is 9.59 Å². The van der Waals surface area contributed by atoms with E-state index in [2.05, 4.69) is 27.3 Å². The lowest BCUT2D eigenvalue weighted by Crippen LogP contribution is -2.49. The van der Waals surface area contributed by atoms with Crippen molar-refractivity contribution in [2.75, 3.05) is 37.6 Å². The number of carbonyl (C=O) groups excluding carboxylic acids is 2. The highest BCUT2D eigenvalue weighted by atomic mass is 16.2. The van der Waals surface area contributed by atoms with Gasteiger partial charge in [-0.15, -0.1) is 0 Å². The third-order valence-electron chi connectivity index (χ3n) is 4.93. The molecule has 0 saturated carbocycles. The van der Waals surface area contributed by atoms with Gasteiger partial charge in [0.25, 0.3) is 11.8 Å². The lowest BCUT2D eigenvalue weighted by atomic mass is 10.1. The number of nitrogens with one attached hydrogen (secondary N) is 1. The maximum atomic E-state index is 12.9. The van der Waals surface area contributed by atoms with Crippen LogP contribution in [0.4, 0.5) is 5.69 Å². The van der Waals surface area contributed by atoms with Crippen LogP contribution < -0.4 is 10.2 Å². The van der Waals surface area contributed by atoms with Gasteiger partial charge in [-0.25, -0.2) is 4.98 Å². The van der Waals surface area contributed by atoms with Crippen LogP contribution in [0.3, 0.4) is 0 Å². The zero-order valence-electron chi connectivity index (χ0n) is 14.2. The van der Waals surface area contributed by atoms with Gasteiger partial charge in [-0.2, -0.15) is 0 Å². The molecule has 1 fully saturated rings. The van der Waals surface area contributed by atoms with E-state index in [4.69, 9.17) is 0 Å². The third kappa shape index (κ3) is 2.75. The molecule has 0 radical (unpaired) electrons. The molecule has 2 amide bonds. The largest absolute Gasteiger partial charge is 0.368 e. The molecular weight excluding hydrogens is 318 g/mol. The monoisotopic (exact) mass is 339 g/mol. The molecule has 0 bridgehead atoms. The van der Waals surface area contributed by atoms with Crippen molar-refractivity contribution in [3.63, 3.8) is 0 Å². The van der Waals surface area contributed by atoms with E-state index >= 15 is 0 Å². The Morgan fingerprint density at radius 3 is 2.60 bits per heavy atom. The second kappa shape index (κ2) is 6.23. The van der Waals surface area contributed by atoms with Crippen LogP contribution in [0.15, 0.2) is 36.7 Å². The van der Waals surface area contributed by atoms with Gasteiger partial charge in [0.2, 0.25) is 0 Å². The molecule has 2 aliphatic heterocycles. The second-order valence-electron chi connectivity index (χ2n) is 6.52. The van der Waals surface area contributed by atoms with Crippen LogP contribution in [0, 0.1) is 0 Å². The van der Waals surface area contributed by atoms with Gasteiger partial charge in [0.05, 0.1) is 6.33 Å². The molecule has 4 rings (SSSR count). The van der Waals surface area contributed by atoms with E-state index in [1.165, 1.54) is 5.69 Å². The van der Waals surface area contributed by atoms with Crippen molar-refractivity contribution in [1.29, 1.82) is 0 Å². The highest BCUT2D eigenvalue weighted by Crippen LogP contribution is 2.21. The van der Waals surface area contributed by atoms with Crippen LogP contribution in [0.1, 0.15) is 33.9 Å². The molecule has 7 nitrogen and oxygen atoms in total. The molecule has 1 aromatic carbocycles. The summed E-state index contributed by atoms with van der Waals surface area (Å²) in [6.07, 6.45) is 1.60. The molecule has 1 aromatic heterocycles. The molecule has 1 saturated heterocycles. The van der Waals surface area contributed by atoms with Crippen molar-refractivity contribution in [2.45, 2.75) is 13.0 Å². The first-order chi connectivity index (χ1) is 12.1. The summed E-state index contributed by atoms with van der Waals surface area (Å²) in [6.45, 7) is 5.35. The van der Waals surface area contributed by atoms with E-state index in [0.29, 0.717) is 25.3 Å². The van der Waals surface area contributed by atoms with Crippen molar-refractivity contribution in [2.24, 2.45) is 0 Å². The molecule has 1 atom stereocenters. The summed E-state index contributed by atoms with van der Waals surface area (Å²) in [5.41, 5.74) is 1.81. The Labute approximate surface area is 146 Å². The molecule has 0 unspecified atom stereocenters. The van der Waals surface area contributed by atoms with Crippen LogP contribution >= 0.6 is 0 Å². The Kier molecular flexibility index (Phi) is 3.91. The number of aromatic nitrogens is 2. The van der Waals surface area contributed by atoms with Crippen LogP contribution in [-0.2, 0) is 0 Å². The number of hydrogen-bond acceptors (Lipinski definition) is 4. The number of amides is 2. The molecule has 2 aliphatic rings. The highest BCUT2D eigenvalue weighted by molar-refractivity contribution is 6.05. The first-order valence-electron chi connectivity index (χ1n) is 8.59. The maximum Gasteiger partial charge on any atom is 0.275 e. The standard InChI is InChI=1S/C18H21N5O2/c1-13-11-19-17(24)16-15(20-12-23(13)16)18(25)22-9-7-21(8-10-22)14-5-3-2-4-6-14/h2-6,12-13H,7-11H2,1H3,(H,19,24)/t13-/m1/s1. The van der Waals surface area contributed by atoms with Crippen LogP contribution in [0.5, 0.6) is 0 Å². The highest BCUT2D eigenvalue weighted by Gasteiger charge is 2.32. The Balaban J connectivity index is 1.49. The summed E-state index contributed by atoms with van der Waals surface area (Å²) < 4.78 is 1.80. The summed E-state index contributed by atoms with van der Waals surface area (Å²) in [7, 11) is 0. The lowest BCUT2D eigenvalue weighted by Gasteiger charge is -2.36. The van der Waals surface area contributed by atoms with Crippen molar-refractivity contribution in [3.05, 3.63) is 48.0 Å². The van der Waals surface area contributed by atoms with Crippen LogP contribution in [0.2, 0.25) is 0 Å². The van der Waals surface area contributed by atoms with Gasteiger partial charge in [0.1, 0.15) is 5.69 Å². The normalized spacial score (nSPS) is 20.2. The van der Waals surface area contributed by atoms with E-state index in [0.717, 1.165) is 13.1 Å². The number of carbonyl (C=O) groups is 2. The molecule has 0 spiro atoms. The number of imidazole rings is 1. The Morgan fingerprint density at radius 2 is 1.88 bits per heavy atom. The summed E-state index contributed by atoms with van der Waals surface area (Å²) in [6, 6.07) is 10.3. The number of nitrogens with zero attached hydrogens (tertiary/aromatic N) is 4. The molecule has 130 valence electrons. The Bertz CT molecular complexity index is 793. The smallest absolute Gasteiger partial charge is 0.275 e. The fourth-order valence-corrected chi connectivity index (χ4v) is 3.46. The third-order valence-corrected chi connectivity index (χ3v) is 4.93. The number of piperazine rings is 1. The van der Waals surface area contributed by atoms with Crippen molar-refractivity contribution >= 4 is 17.5 Å². The van der Waals surface area contributed by atoms with Crippen molar-refractivity contribution in [1.82, 2.24) is 19.8 Å². The fraction of sp³-hybridized carbons (Fsp3) is 0.389. The zero-order valence-corrected chi connectivity index (χ0v) is 14.2. The quantitative estimate of drug-likeness (QED) is 0.891. The minimum Gasteiger partial charge on any atom is -0.368 e. The van der Waals surface area contributed by atoms with Gasteiger partial charge in [-0.05, 0) is 19.1 Å². The average molecular weight is 339 g/mol. The second-order valence-corrected chi connectivity index (χ2v) is 6.52. The first kappa shape index (κ1) is 15.7. The Hall–Kier alpha value is -2.83. The lowest BCUT2D eigenvalue weighted by molar-refractivity contribution is 0.0732. The molecule has 7 heteroatoms. The number of hydrogen-bond donors (Lipinski definition) is 1. The van der Waals surface area contributed by atoms with Crippen LogP contribution in [-0.4, -0.2) is 59.0 Å². The van der Waals surface area contributed by atoms with E-state index in [1.807, 2.05) is 25.1 Å². The van der Waals surface area contributed by atoms with Gasteiger partial charge in [0, 0.05) is 44.5 Å². The average Bonchev–Trinajstić information content (AvgIpc) is 3.11. The zero-order chi connectivity index (χ0) is 17.4. The molecule has 25 heavy (non-hydrogen) atoms. The number of para-hydroxylation sites is 1. The first-order valence-corrected chi connectivity index (χ1v) is 8.59.